The Morgan fingerprint density at radius 2 is 1.62 bits per heavy atom. The second-order valence-corrected chi connectivity index (χ2v) is 7.92. The molecule has 126 valence electrons. The molecule has 0 fully saturated rings. The van der Waals surface area contributed by atoms with Crippen LogP contribution in [0.5, 0.6) is 0 Å². The molecule has 0 aliphatic carbocycles. The van der Waals surface area contributed by atoms with Crippen LogP contribution in [0.2, 0.25) is 0 Å². The predicted octanol–water partition coefficient (Wildman–Crippen LogP) is 2.60. The maximum Gasteiger partial charge on any atom is 0.288 e. The Bertz CT molecular complexity index is 866. The minimum Gasteiger partial charge on any atom is -0.371 e. The van der Waals surface area contributed by atoms with Crippen LogP contribution in [-0.2, 0) is 22.7 Å². The van der Waals surface area contributed by atoms with Crippen molar-refractivity contribution in [3.05, 3.63) is 63.7 Å². The molecule has 2 aromatic carbocycles. The topological polar surface area (TPSA) is 80.5 Å². The van der Waals surface area contributed by atoms with Crippen molar-refractivity contribution in [2.75, 3.05) is 24.2 Å². The first-order valence-corrected chi connectivity index (χ1v) is 9.55. The van der Waals surface area contributed by atoms with Gasteiger partial charge in [-0.2, -0.15) is 0 Å². The van der Waals surface area contributed by atoms with Gasteiger partial charge in [0.2, 0.25) is 0 Å². The van der Waals surface area contributed by atoms with Crippen LogP contribution < -0.4 is 4.90 Å². The molecule has 0 spiro atoms. The summed E-state index contributed by atoms with van der Waals surface area (Å²) in [6, 6.07) is 12.6. The molecule has 0 amide bonds. The Labute approximate surface area is 140 Å². The highest BCUT2D eigenvalue weighted by Gasteiger charge is 2.24. The zero-order valence-electron chi connectivity index (χ0n) is 13.3. The summed E-state index contributed by atoms with van der Waals surface area (Å²) < 4.78 is 23.8. The molecular weight excluding hydrogens is 328 g/mol. The van der Waals surface area contributed by atoms with Gasteiger partial charge in [0.1, 0.15) is 4.90 Å². The summed E-state index contributed by atoms with van der Waals surface area (Å²) in [5, 5.41) is 11.1. The lowest BCUT2D eigenvalue weighted by molar-refractivity contribution is -0.387. The molecule has 7 heteroatoms. The van der Waals surface area contributed by atoms with Gasteiger partial charge < -0.3 is 4.90 Å². The normalized spacial score (nSPS) is 14.8. The van der Waals surface area contributed by atoms with E-state index in [0.29, 0.717) is 5.69 Å². The lowest BCUT2D eigenvalue weighted by Crippen LogP contribution is -2.26. The fraction of sp³-hybridized carbons (Fsp3) is 0.294. The number of rotatable bonds is 3. The van der Waals surface area contributed by atoms with Gasteiger partial charge in [0.25, 0.3) is 5.69 Å². The van der Waals surface area contributed by atoms with Crippen molar-refractivity contribution in [2.45, 2.75) is 17.7 Å². The van der Waals surface area contributed by atoms with Crippen LogP contribution in [0.1, 0.15) is 11.1 Å². The number of benzene rings is 2. The Morgan fingerprint density at radius 3 is 2.12 bits per heavy atom. The zero-order chi connectivity index (χ0) is 17.3. The van der Waals surface area contributed by atoms with Crippen molar-refractivity contribution in [3.8, 4) is 0 Å². The average molecular weight is 346 g/mol. The van der Waals surface area contributed by atoms with E-state index in [9.17, 15) is 18.5 Å². The summed E-state index contributed by atoms with van der Waals surface area (Å²) >= 11 is 0. The third kappa shape index (κ3) is 3.26. The van der Waals surface area contributed by atoms with Crippen molar-refractivity contribution < 1.29 is 13.3 Å². The highest BCUT2D eigenvalue weighted by Crippen LogP contribution is 2.30. The van der Waals surface area contributed by atoms with E-state index in [4.69, 9.17) is 0 Å². The van der Waals surface area contributed by atoms with Crippen molar-refractivity contribution >= 4 is 21.2 Å². The number of hydrogen-bond donors (Lipinski definition) is 0. The molecule has 6 nitrogen and oxygen atoms in total. The fourth-order valence-corrected chi connectivity index (χ4v) is 3.93. The molecule has 0 atom stereocenters. The highest BCUT2D eigenvalue weighted by atomic mass is 32.2. The van der Waals surface area contributed by atoms with Gasteiger partial charge in [0.05, 0.1) is 4.92 Å². The lowest BCUT2D eigenvalue weighted by Gasteiger charge is -2.23. The Morgan fingerprint density at radius 1 is 1.04 bits per heavy atom. The summed E-state index contributed by atoms with van der Waals surface area (Å²) in [4.78, 5) is 12.3. The quantitative estimate of drug-likeness (QED) is 0.630. The van der Waals surface area contributed by atoms with Crippen LogP contribution in [0, 0.1) is 10.1 Å². The van der Waals surface area contributed by atoms with E-state index in [1.54, 1.807) is 6.07 Å². The number of nitrogens with zero attached hydrogens (tertiary/aromatic N) is 2. The van der Waals surface area contributed by atoms with Gasteiger partial charge in [0.15, 0.2) is 9.84 Å². The van der Waals surface area contributed by atoms with E-state index in [1.807, 2.05) is 12.1 Å². The molecule has 1 aliphatic heterocycles. The molecular formula is C17H18N2O4S. The molecule has 3 rings (SSSR count). The summed E-state index contributed by atoms with van der Waals surface area (Å²) in [7, 11) is -3.67. The molecule has 1 heterocycles. The number of nitro benzene ring substituents is 1. The van der Waals surface area contributed by atoms with Gasteiger partial charge in [-0.1, -0.05) is 24.3 Å². The van der Waals surface area contributed by atoms with Crippen molar-refractivity contribution in [1.82, 2.24) is 0 Å². The molecule has 0 radical (unpaired) electrons. The maximum atomic E-state index is 11.9. The Kier molecular flexibility index (Phi) is 4.28. The smallest absolute Gasteiger partial charge is 0.288 e. The monoisotopic (exact) mass is 346 g/mol. The first-order valence-electron chi connectivity index (χ1n) is 7.66. The maximum absolute atomic E-state index is 11.9. The lowest BCUT2D eigenvalue weighted by atomic mass is 10.0. The van der Waals surface area contributed by atoms with Gasteiger partial charge in [-0.25, -0.2) is 8.42 Å². The second-order valence-electron chi connectivity index (χ2n) is 5.94. The van der Waals surface area contributed by atoms with Gasteiger partial charge >= 0.3 is 0 Å². The molecule has 2 aromatic rings. The van der Waals surface area contributed by atoms with E-state index in [-0.39, 0.29) is 10.6 Å². The molecule has 24 heavy (non-hydrogen) atoms. The number of fused-ring (bicyclic) bond motifs is 1. The van der Waals surface area contributed by atoms with Crippen LogP contribution in [0.15, 0.2) is 47.4 Å². The molecule has 0 bridgehead atoms. The largest absolute Gasteiger partial charge is 0.371 e. The molecule has 0 aromatic heterocycles. The van der Waals surface area contributed by atoms with E-state index >= 15 is 0 Å². The number of anilines is 1. The van der Waals surface area contributed by atoms with Gasteiger partial charge in [0, 0.05) is 31.1 Å². The van der Waals surface area contributed by atoms with E-state index in [0.717, 1.165) is 32.2 Å². The SMILES string of the molecule is CS(=O)(=O)c1cc(N2CCc3ccccc3CC2)ccc1[N+](=O)[O-]. The number of sulfone groups is 1. The van der Waals surface area contributed by atoms with Crippen LogP contribution >= 0.6 is 0 Å². The fourth-order valence-electron chi connectivity index (χ4n) is 3.07. The number of hydrogen-bond acceptors (Lipinski definition) is 5. The van der Waals surface area contributed by atoms with Crippen molar-refractivity contribution in [3.63, 3.8) is 0 Å². The van der Waals surface area contributed by atoms with Gasteiger partial charge in [-0.05, 0) is 36.1 Å². The van der Waals surface area contributed by atoms with Gasteiger partial charge in [-0.3, -0.25) is 10.1 Å². The van der Waals surface area contributed by atoms with Crippen molar-refractivity contribution in [1.29, 1.82) is 0 Å². The molecule has 0 saturated heterocycles. The third-order valence-electron chi connectivity index (χ3n) is 4.33. The van der Waals surface area contributed by atoms with Gasteiger partial charge in [-0.15, -0.1) is 0 Å². The second kappa shape index (κ2) is 6.24. The van der Waals surface area contributed by atoms with E-state index < -0.39 is 14.8 Å². The number of nitro groups is 1. The standard InChI is InChI=1S/C17H18N2O4S/c1-24(22,23)17-12-15(6-7-16(17)19(20)21)18-10-8-13-4-2-3-5-14(13)9-11-18/h2-7,12H,8-11H2,1H3. The first kappa shape index (κ1) is 16.4. The molecule has 0 saturated carbocycles. The molecule has 1 aliphatic rings. The van der Waals surface area contributed by atoms with Crippen LogP contribution in [-0.4, -0.2) is 32.7 Å². The summed E-state index contributed by atoms with van der Waals surface area (Å²) in [5.41, 5.74) is 2.92. The first-order chi connectivity index (χ1) is 11.4. The third-order valence-corrected chi connectivity index (χ3v) is 5.45. The van der Waals surface area contributed by atoms with Crippen LogP contribution in [0.4, 0.5) is 11.4 Å². The zero-order valence-corrected chi connectivity index (χ0v) is 14.1. The molecule has 0 N–H and O–H groups in total. The Hall–Kier alpha value is -2.41. The summed E-state index contributed by atoms with van der Waals surface area (Å²) in [6.45, 7) is 1.50. The molecule has 0 unspecified atom stereocenters. The van der Waals surface area contributed by atoms with E-state index in [1.165, 1.54) is 23.3 Å². The van der Waals surface area contributed by atoms with Crippen LogP contribution in [0.3, 0.4) is 0 Å². The minimum absolute atomic E-state index is 0.230. The Balaban J connectivity index is 1.95. The highest BCUT2D eigenvalue weighted by molar-refractivity contribution is 7.90. The van der Waals surface area contributed by atoms with Crippen molar-refractivity contribution in [2.24, 2.45) is 0 Å². The predicted molar refractivity (Wildman–Crippen MR) is 92.3 cm³/mol. The minimum atomic E-state index is -3.67. The van der Waals surface area contributed by atoms with E-state index in [2.05, 4.69) is 17.0 Å². The summed E-state index contributed by atoms with van der Waals surface area (Å²) in [6.07, 6.45) is 2.72. The van der Waals surface area contributed by atoms with Crippen LogP contribution in [0.25, 0.3) is 0 Å². The summed E-state index contributed by atoms with van der Waals surface area (Å²) in [5.74, 6) is 0. The average Bonchev–Trinajstić information content (AvgIpc) is 2.76.